The van der Waals surface area contributed by atoms with E-state index in [4.69, 9.17) is 17.3 Å². The first-order valence-electron chi connectivity index (χ1n) is 9.53. The van der Waals surface area contributed by atoms with Crippen LogP contribution in [0.4, 0.5) is 0 Å². The summed E-state index contributed by atoms with van der Waals surface area (Å²) in [5.74, 6) is -0.990. The fourth-order valence-electron chi connectivity index (χ4n) is 3.01. The first-order chi connectivity index (χ1) is 14.4. The van der Waals surface area contributed by atoms with Crippen LogP contribution in [0.5, 0.6) is 0 Å². The van der Waals surface area contributed by atoms with Gasteiger partial charge >= 0.3 is 0 Å². The van der Waals surface area contributed by atoms with Gasteiger partial charge in [-0.1, -0.05) is 60.6 Å². The number of pyridine rings is 1. The van der Waals surface area contributed by atoms with Gasteiger partial charge in [-0.15, -0.1) is 0 Å². The van der Waals surface area contributed by atoms with Gasteiger partial charge in [0.15, 0.2) is 0 Å². The summed E-state index contributed by atoms with van der Waals surface area (Å²) in [6.45, 7) is 4.30. The van der Waals surface area contributed by atoms with E-state index in [9.17, 15) is 9.59 Å². The van der Waals surface area contributed by atoms with E-state index in [2.05, 4.69) is 10.3 Å². The molecule has 0 aliphatic carbocycles. The number of rotatable bonds is 7. The Morgan fingerprint density at radius 1 is 1.13 bits per heavy atom. The Kier molecular flexibility index (Phi) is 7.13. The number of benzene rings is 2. The first-order valence-corrected chi connectivity index (χ1v) is 10.7. The van der Waals surface area contributed by atoms with Gasteiger partial charge in [-0.25, -0.2) is 4.98 Å². The highest BCUT2D eigenvalue weighted by atomic mass is 35.5. The molecule has 0 aliphatic rings. The van der Waals surface area contributed by atoms with Crippen LogP contribution in [-0.4, -0.2) is 23.3 Å². The van der Waals surface area contributed by atoms with Gasteiger partial charge in [0.1, 0.15) is 10.7 Å². The fraction of sp³-hybridized carbons (Fsp3) is 0.174. The van der Waals surface area contributed by atoms with Crippen LogP contribution in [0.1, 0.15) is 39.8 Å². The molecule has 1 heterocycles. The van der Waals surface area contributed by atoms with Crippen LogP contribution >= 0.6 is 23.4 Å². The zero-order chi connectivity index (χ0) is 21.7. The lowest BCUT2D eigenvalue weighted by Crippen LogP contribution is -2.27. The van der Waals surface area contributed by atoms with Crippen molar-refractivity contribution < 1.29 is 9.59 Å². The fourth-order valence-corrected chi connectivity index (χ4v) is 4.04. The molecule has 7 heteroatoms. The Morgan fingerprint density at radius 3 is 2.53 bits per heavy atom. The number of primary amides is 1. The maximum absolute atomic E-state index is 13.0. The number of hydrogen-bond donors (Lipinski definition) is 2. The van der Waals surface area contributed by atoms with Crippen molar-refractivity contribution in [1.82, 2.24) is 10.3 Å². The third-order valence-corrected chi connectivity index (χ3v) is 5.85. The molecule has 0 bridgehead atoms. The second kappa shape index (κ2) is 9.78. The third-order valence-electron chi connectivity index (χ3n) is 4.51. The quantitative estimate of drug-likeness (QED) is 0.536. The molecule has 3 aromatic rings. The van der Waals surface area contributed by atoms with Crippen molar-refractivity contribution in [2.24, 2.45) is 5.73 Å². The number of halogens is 1. The first kappa shape index (κ1) is 21.9. The van der Waals surface area contributed by atoms with Crippen molar-refractivity contribution in [3.05, 3.63) is 76.4 Å². The molecule has 5 nitrogen and oxygen atoms in total. The van der Waals surface area contributed by atoms with E-state index in [1.165, 1.54) is 11.8 Å². The lowest BCUT2D eigenvalue weighted by atomic mass is 9.94. The van der Waals surface area contributed by atoms with Crippen LogP contribution in [0.25, 0.3) is 11.1 Å². The number of nitrogens with two attached hydrogens (primary N) is 1. The van der Waals surface area contributed by atoms with Gasteiger partial charge in [-0.3, -0.25) is 9.59 Å². The Labute approximate surface area is 185 Å². The predicted molar refractivity (Wildman–Crippen MR) is 121 cm³/mol. The van der Waals surface area contributed by atoms with Gasteiger partial charge in [0.05, 0.1) is 5.56 Å². The molecule has 1 aromatic heterocycles. The van der Waals surface area contributed by atoms with E-state index in [0.29, 0.717) is 27.7 Å². The predicted octanol–water partition coefficient (Wildman–Crippen LogP) is 5.10. The molecule has 0 saturated heterocycles. The molecule has 3 rings (SSSR count). The lowest BCUT2D eigenvalue weighted by Gasteiger charge is -2.17. The molecular formula is C23H22ClN3O2S. The molecule has 0 atom stereocenters. The number of nitrogens with one attached hydrogen (secondary N) is 1. The molecule has 30 heavy (non-hydrogen) atoms. The minimum Gasteiger partial charge on any atom is -0.366 e. The average molecular weight is 440 g/mol. The van der Waals surface area contributed by atoms with Gasteiger partial charge in [0, 0.05) is 22.0 Å². The van der Waals surface area contributed by atoms with Gasteiger partial charge in [0.25, 0.3) is 5.91 Å². The molecule has 0 unspecified atom stereocenters. The van der Waals surface area contributed by atoms with E-state index in [-0.39, 0.29) is 17.2 Å². The maximum Gasteiger partial charge on any atom is 0.270 e. The van der Waals surface area contributed by atoms with Crippen LogP contribution in [0, 0.1) is 6.92 Å². The number of aromatic nitrogens is 1. The van der Waals surface area contributed by atoms with E-state index in [1.807, 2.05) is 50.2 Å². The van der Waals surface area contributed by atoms with Crippen molar-refractivity contribution in [2.75, 3.05) is 6.54 Å². The van der Waals surface area contributed by atoms with Crippen molar-refractivity contribution in [3.8, 4) is 11.1 Å². The molecule has 3 N–H and O–H groups in total. The highest BCUT2D eigenvalue weighted by Crippen LogP contribution is 2.36. The molecule has 0 spiro atoms. The zero-order valence-electron chi connectivity index (χ0n) is 16.7. The highest BCUT2D eigenvalue weighted by Gasteiger charge is 2.24. The minimum atomic E-state index is -0.633. The molecule has 0 saturated carbocycles. The summed E-state index contributed by atoms with van der Waals surface area (Å²) < 4.78 is 0. The number of amides is 2. The van der Waals surface area contributed by atoms with Gasteiger partial charge in [0.2, 0.25) is 5.91 Å². The lowest BCUT2D eigenvalue weighted by molar-refractivity contribution is 0.0948. The number of hydrogen-bond acceptors (Lipinski definition) is 4. The Balaban J connectivity index is 2.23. The number of nitrogens with zero attached hydrogens (tertiary/aromatic N) is 1. The van der Waals surface area contributed by atoms with E-state index in [0.717, 1.165) is 16.9 Å². The van der Waals surface area contributed by atoms with Crippen molar-refractivity contribution in [3.63, 3.8) is 0 Å². The second-order valence-corrected chi connectivity index (χ2v) is 8.18. The van der Waals surface area contributed by atoms with E-state index < -0.39 is 5.91 Å². The minimum absolute atomic E-state index is 0.156. The van der Waals surface area contributed by atoms with Crippen LogP contribution in [0.15, 0.2) is 64.5 Å². The molecule has 154 valence electrons. The Morgan fingerprint density at radius 2 is 1.87 bits per heavy atom. The molecule has 0 radical (unpaired) electrons. The van der Waals surface area contributed by atoms with Gasteiger partial charge in [-0.2, -0.15) is 0 Å². The zero-order valence-corrected chi connectivity index (χ0v) is 18.3. The number of carbonyl (C=O) groups excluding carboxylic acids is 2. The summed E-state index contributed by atoms with van der Waals surface area (Å²) in [6, 6.07) is 16.6. The molecule has 0 fully saturated rings. The Bertz CT molecular complexity index is 1090. The second-order valence-electron chi connectivity index (χ2n) is 6.68. The van der Waals surface area contributed by atoms with E-state index in [1.54, 1.807) is 18.2 Å². The van der Waals surface area contributed by atoms with Gasteiger partial charge in [-0.05, 0) is 48.7 Å². The summed E-state index contributed by atoms with van der Waals surface area (Å²) >= 11 is 7.67. The summed E-state index contributed by atoms with van der Waals surface area (Å²) in [5.41, 5.74) is 7.92. The highest BCUT2D eigenvalue weighted by molar-refractivity contribution is 7.99. The largest absolute Gasteiger partial charge is 0.366 e. The van der Waals surface area contributed by atoms with Crippen molar-refractivity contribution in [2.45, 2.75) is 30.2 Å². The smallest absolute Gasteiger partial charge is 0.270 e. The topological polar surface area (TPSA) is 85.1 Å². The summed E-state index contributed by atoms with van der Waals surface area (Å²) in [4.78, 5) is 31.0. The summed E-state index contributed by atoms with van der Waals surface area (Å²) in [5, 5.41) is 3.90. The molecule has 0 aliphatic heterocycles. The van der Waals surface area contributed by atoms with Gasteiger partial charge < -0.3 is 11.1 Å². The normalized spacial score (nSPS) is 10.6. The summed E-state index contributed by atoms with van der Waals surface area (Å²) in [7, 11) is 0. The van der Waals surface area contributed by atoms with Crippen molar-refractivity contribution in [1.29, 1.82) is 0 Å². The van der Waals surface area contributed by atoms with Crippen molar-refractivity contribution >= 4 is 35.2 Å². The van der Waals surface area contributed by atoms with Crippen LogP contribution in [-0.2, 0) is 0 Å². The maximum atomic E-state index is 13.0. The number of carbonyl (C=O) groups is 2. The standard InChI is InChI=1S/C23H22ClN3O2S/c1-3-12-26-23(29)21-20(16-10-7-11-18(24)14(16)2)17(22(25)28)13-19(27-21)30-15-8-5-4-6-9-15/h4-11,13H,3,12H2,1-2H3,(H2,25,28)(H,26,29). The van der Waals surface area contributed by atoms with Crippen LogP contribution in [0.2, 0.25) is 5.02 Å². The van der Waals surface area contributed by atoms with Crippen LogP contribution < -0.4 is 11.1 Å². The molecule has 2 aromatic carbocycles. The Hall–Kier alpha value is -2.83. The molecule has 2 amide bonds. The SMILES string of the molecule is CCCNC(=O)c1nc(Sc2ccccc2)cc(C(N)=O)c1-c1cccc(Cl)c1C. The van der Waals surface area contributed by atoms with Crippen LogP contribution in [0.3, 0.4) is 0 Å². The molecular weight excluding hydrogens is 418 g/mol. The summed E-state index contributed by atoms with van der Waals surface area (Å²) in [6.07, 6.45) is 0.776. The monoisotopic (exact) mass is 439 g/mol. The van der Waals surface area contributed by atoms with E-state index >= 15 is 0 Å². The average Bonchev–Trinajstić information content (AvgIpc) is 2.74. The third kappa shape index (κ3) is 4.83.